The molecule has 0 aromatic rings. The van der Waals surface area contributed by atoms with E-state index in [1.807, 2.05) is 0 Å². The molecule has 84 valence electrons. The van der Waals surface area contributed by atoms with E-state index in [0.29, 0.717) is 12.5 Å². The van der Waals surface area contributed by atoms with Crippen molar-refractivity contribution in [1.82, 2.24) is 10.2 Å². The predicted molar refractivity (Wildman–Crippen MR) is 63.8 cm³/mol. The van der Waals surface area contributed by atoms with Crippen LogP contribution in [0.3, 0.4) is 0 Å². The van der Waals surface area contributed by atoms with Crippen molar-refractivity contribution in [2.75, 3.05) is 19.6 Å². The Hall–Kier alpha value is -0.350. The smallest absolute Gasteiger partial charge is 0.220 e. The summed E-state index contributed by atoms with van der Waals surface area (Å²) < 4.78 is 1.27. The predicted octanol–water partition coefficient (Wildman–Crippen LogP) is 1.64. The summed E-state index contributed by atoms with van der Waals surface area (Å²) >= 11 is 3.54. The average molecular weight is 273 g/mol. The van der Waals surface area contributed by atoms with E-state index in [1.165, 1.54) is 4.48 Å². The molecular formula is C11H17BrN2O. The summed E-state index contributed by atoms with van der Waals surface area (Å²) in [7, 11) is 0. The molecule has 2 heterocycles. The van der Waals surface area contributed by atoms with Gasteiger partial charge < -0.3 is 5.32 Å². The van der Waals surface area contributed by atoms with Crippen molar-refractivity contribution in [2.45, 2.75) is 31.7 Å². The minimum Gasteiger partial charge on any atom is -0.352 e. The van der Waals surface area contributed by atoms with Crippen molar-refractivity contribution in [1.29, 1.82) is 0 Å². The van der Waals surface area contributed by atoms with E-state index in [1.54, 1.807) is 0 Å². The minimum atomic E-state index is 0.220. The molecule has 0 spiro atoms. The first kappa shape index (κ1) is 11.1. The zero-order chi connectivity index (χ0) is 10.7. The topological polar surface area (TPSA) is 32.3 Å². The van der Waals surface area contributed by atoms with Crippen LogP contribution >= 0.6 is 15.9 Å². The molecule has 0 bridgehead atoms. The summed E-state index contributed by atoms with van der Waals surface area (Å²) in [6, 6.07) is 0.365. The molecule has 1 amide bonds. The monoisotopic (exact) mass is 272 g/mol. The Morgan fingerprint density at radius 3 is 3.20 bits per heavy atom. The van der Waals surface area contributed by atoms with Crippen LogP contribution in [0.15, 0.2) is 10.6 Å². The third-order valence-corrected chi connectivity index (χ3v) is 3.56. The van der Waals surface area contributed by atoms with Crippen molar-refractivity contribution >= 4 is 21.8 Å². The van der Waals surface area contributed by atoms with Gasteiger partial charge in [-0.1, -0.05) is 22.0 Å². The Morgan fingerprint density at radius 1 is 1.60 bits per heavy atom. The van der Waals surface area contributed by atoms with Crippen molar-refractivity contribution < 1.29 is 4.79 Å². The molecule has 3 nitrogen and oxygen atoms in total. The maximum atomic E-state index is 11.2. The first-order valence-corrected chi connectivity index (χ1v) is 6.39. The number of nitrogens with zero attached hydrogens (tertiary/aromatic N) is 1. The van der Waals surface area contributed by atoms with Crippen LogP contribution < -0.4 is 5.32 Å². The second kappa shape index (κ2) is 5.12. The van der Waals surface area contributed by atoms with Gasteiger partial charge >= 0.3 is 0 Å². The summed E-state index contributed by atoms with van der Waals surface area (Å²) in [4.78, 5) is 13.6. The average Bonchev–Trinajstić information content (AvgIpc) is 2.17. The lowest BCUT2D eigenvalue weighted by molar-refractivity contribution is -0.123. The number of nitrogens with one attached hydrogen (secondary N) is 1. The number of piperidine rings is 1. The highest BCUT2D eigenvalue weighted by Crippen LogP contribution is 2.17. The van der Waals surface area contributed by atoms with Gasteiger partial charge in [-0.15, -0.1) is 0 Å². The number of hydrogen-bond donors (Lipinski definition) is 1. The van der Waals surface area contributed by atoms with Gasteiger partial charge in [-0.2, -0.15) is 0 Å². The molecule has 1 N–H and O–H groups in total. The Bertz CT molecular complexity index is 278. The van der Waals surface area contributed by atoms with Gasteiger partial charge in [0.25, 0.3) is 0 Å². The third-order valence-electron chi connectivity index (χ3n) is 2.99. The molecule has 0 aromatic heterocycles. The molecular weight excluding hydrogens is 256 g/mol. The van der Waals surface area contributed by atoms with Gasteiger partial charge in [-0.25, -0.2) is 0 Å². The van der Waals surface area contributed by atoms with Crippen molar-refractivity contribution in [3.8, 4) is 0 Å². The Kier molecular flexibility index (Phi) is 3.81. The fourth-order valence-electron chi connectivity index (χ4n) is 2.25. The fourth-order valence-corrected chi connectivity index (χ4v) is 2.83. The first-order chi connectivity index (χ1) is 7.24. The van der Waals surface area contributed by atoms with E-state index in [-0.39, 0.29) is 5.91 Å². The second-order valence-corrected chi connectivity index (χ2v) is 5.35. The molecule has 0 saturated carbocycles. The Balaban J connectivity index is 1.81. The maximum absolute atomic E-state index is 11.2. The number of rotatable bonds is 2. The number of halogens is 1. The quantitative estimate of drug-likeness (QED) is 0.829. The van der Waals surface area contributed by atoms with Gasteiger partial charge in [-0.3, -0.25) is 9.69 Å². The van der Waals surface area contributed by atoms with E-state index in [0.717, 1.165) is 38.9 Å². The largest absolute Gasteiger partial charge is 0.352 e. The lowest BCUT2D eigenvalue weighted by Crippen LogP contribution is -2.47. The van der Waals surface area contributed by atoms with Gasteiger partial charge in [-0.05, 0) is 19.3 Å². The van der Waals surface area contributed by atoms with E-state index in [2.05, 4.69) is 32.2 Å². The van der Waals surface area contributed by atoms with Gasteiger partial charge in [0.1, 0.15) is 0 Å². The van der Waals surface area contributed by atoms with Gasteiger partial charge in [0.2, 0.25) is 5.91 Å². The van der Waals surface area contributed by atoms with Crippen LogP contribution in [0.25, 0.3) is 0 Å². The molecule has 15 heavy (non-hydrogen) atoms. The van der Waals surface area contributed by atoms with Crippen LogP contribution in [-0.2, 0) is 4.79 Å². The van der Waals surface area contributed by atoms with Gasteiger partial charge in [0.05, 0.1) is 0 Å². The molecule has 4 heteroatoms. The summed E-state index contributed by atoms with van der Waals surface area (Å²) in [5, 5.41) is 3.06. The fraction of sp³-hybridized carbons (Fsp3) is 0.727. The minimum absolute atomic E-state index is 0.220. The number of amides is 1. The SMILES string of the molecule is O=C1CCCC(CN2CCC=C(Br)C2)N1. The van der Waals surface area contributed by atoms with E-state index in [9.17, 15) is 4.79 Å². The molecule has 1 fully saturated rings. The molecule has 1 atom stereocenters. The molecule has 1 unspecified atom stereocenters. The number of carbonyl (C=O) groups excluding carboxylic acids is 1. The van der Waals surface area contributed by atoms with Crippen LogP contribution in [0.1, 0.15) is 25.7 Å². The molecule has 0 radical (unpaired) electrons. The summed E-state index contributed by atoms with van der Waals surface area (Å²) in [5.41, 5.74) is 0. The van der Waals surface area contributed by atoms with Crippen LogP contribution in [0.5, 0.6) is 0 Å². The molecule has 0 aromatic carbocycles. The Labute approximate surface area is 99.0 Å². The summed E-state index contributed by atoms with van der Waals surface area (Å²) in [5.74, 6) is 0.220. The van der Waals surface area contributed by atoms with Gasteiger partial charge in [0.15, 0.2) is 0 Å². The highest BCUT2D eigenvalue weighted by Gasteiger charge is 2.21. The third kappa shape index (κ3) is 3.31. The normalized spacial score (nSPS) is 28.5. The number of hydrogen-bond acceptors (Lipinski definition) is 2. The first-order valence-electron chi connectivity index (χ1n) is 5.60. The highest BCUT2D eigenvalue weighted by atomic mass is 79.9. The van der Waals surface area contributed by atoms with Crippen LogP contribution in [-0.4, -0.2) is 36.5 Å². The molecule has 2 aliphatic heterocycles. The van der Waals surface area contributed by atoms with Crippen molar-refractivity contribution in [3.05, 3.63) is 10.6 Å². The van der Waals surface area contributed by atoms with E-state index < -0.39 is 0 Å². The maximum Gasteiger partial charge on any atom is 0.220 e. The highest BCUT2D eigenvalue weighted by molar-refractivity contribution is 9.11. The molecule has 1 saturated heterocycles. The standard InChI is InChI=1S/C11H17BrN2O/c12-9-3-2-6-14(7-9)8-10-4-1-5-11(15)13-10/h3,10H,1-2,4-8H2,(H,13,15). The number of carbonyl (C=O) groups is 1. The molecule has 0 aliphatic carbocycles. The van der Waals surface area contributed by atoms with E-state index >= 15 is 0 Å². The Morgan fingerprint density at radius 2 is 2.47 bits per heavy atom. The van der Waals surface area contributed by atoms with Gasteiger partial charge in [0, 0.05) is 36.6 Å². The second-order valence-electron chi connectivity index (χ2n) is 4.33. The lowest BCUT2D eigenvalue weighted by Gasteiger charge is -2.31. The van der Waals surface area contributed by atoms with Crippen LogP contribution in [0.4, 0.5) is 0 Å². The zero-order valence-corrected chi connectivity index (χ0v) is 10.4. The van der Waals surface area contributed by atoms with E-state index in [4.69, 9.17) is 0 Å². The van der Waals surface area contributed by atoms with Crippen LogP contribution in [0, 0.1) is 0 Å². The van der Waals surface area contributed by atoms with Crippen molar-refractivity contribution in [2.24, 2.45) is 0 Å². The molecule has 2 rings (SSSR count). The lowest BCUT2D eigenvalue weighted by atomic mass is 10.0. The zero-order valence-electron chi connectivity index (χ0n) is 8.84. The summed E-state index contributed by atoms with van der Waals surface area (Å²) in [6.07, 6.45) is 6.22. The summed E-state index contributed by atoms with van der Waals surface area (Å²) in [6.45, 7) is 3.10. The molecule has 2 aliphatic rings. The van der Waals surface area contributed by atoms with Crippen LogP contribution in [0.2, 0.25) is 0 Å². The van der Waals surface area contributed by atoms with Crippen molar-refractivity contribution in [3.63, 3.8) is 0 Å².